The second kappa shape index (κ2) is 4.76. The zero-order valence-corrected chi connectivity index (χ0v) is 11.9. The van der Waals surface area contributed by atoms with Crippen LogP contribution in [0.3, 0.4) is 0 Å². The highest BCUT2D eigenvalue weighted by Gasteiger charge is 2.31. The molecule has 1 fully saturated rings. The van der Waals surface area contributed by atoms with Crippen molar-refractivity contribution in [1.82, 2.24) is 9.47 Å². The van der Waals surface area contributed by atoms with Gasteiger partial charge in [-0.25, -0.2) is 0 Å². The number of carbonyl (C=O) groups excluding carboxylic acids is 1. The fourth-order valence-electron chi connectivity index (χ4n) is 2.10. The summed E-state index contributed by atoms with van der Waals surface area (Å²) < 4.78 is 1.58. The molecule has 0 saturated carbocycles. The van der Waals surface area contributed by atoms with Crippen LogP contribution < -0.4 is 0 Å². The Bertz CT molecular complexity index is 473. The predicted octanol–water partition coefficient (Wildman–Crippen LogP) is 2.32. The van der Waals surface area contributed by atoms with Crippen molar-refractivity contribution in [2.24, 2.45) is 7.05 Å². The maximum absolute atomic E-state index is 12.3. The molecule has 0 atom stereocenters. The molecule has 4 nitrogen and oxygen atoms in total. The molecule has 1 N–H and O–H groups in total. The van der Waals surface area contributed by atoms with Crippen molar-refractivity contribution in [1.29, 1.82) is 0 Å². The van der Waals surface area contributed by atoms with Crippen LogP contribution in [0, 0.1) is 0 Å². The SMILES string of the molecule is Cn1c(C(=O)N2CCC(C)(O)CC2)cc(Cl)c1Cl. The van der Waals surface area contributed by atoms with Gasteiger partial charge >= 0.3 is 0 Å². The quantitative estimate of drug-likeness (QED) is 0.863. The number of piperidine rings is 1. The fourth-order valence-corrected chi connectivity index (χ4v) is 2.48. The fraction of sp³-hybridized carbons (Fsp3) is 0.583. The molecule has 0 radical (unpaired) electrons. The Labute approximate surface area is 116 Å². The minimum Gasteiger partial charge on any atom is -0.390 e. The summed E-state index contributed by atoms with van der Waals surface area (Å²) >= 11 is 11.8. The summed E-state index contributed by atoms with van der Waals surface area (Å²) in [5.74, 6) is -0.0956. The summed E-state index contributed by atoms with van der Waals surface area (Å²) in [6.07, 6.45) is 1.18. The van der Waals surface area contributed by atoms with Crippen LogP contribution in [0.5, 0.6) is 0 Å². The number of hydrogen-bond acceptors (Lipinski definition) is 2. The first-order valence-corrected chi connectivity index (χ1v) is 6.60. The lowest BCUT2D eigenvalue weighted by molar-refractivity contribution is -0.00228. The monoisotopic (exact) mass is 290 g/mol. The first-order chi connectivity index (χ1) is 8.32. The van der Waals surface area contributed by atoms with Crippen LogP contribution in [-0.2, 0) is 7.05 Å². The minimum absolute atomic E-state index is 0.0956. The Morgan fingerprint density at radius 1 is 1.39 bits per heavy atom. The van der Waals surface area contributed by atoms with Gasteiger partial charge in [0.2, 0.25) is 0 Å². The lowest BCUT2D eigenvalue weighted by Gasteiger charge is -2.35. The third-order valence-electron chi connectivity index (χ3n) is 3.46. The lowest BCUT2D eigenvalue weighted by atomic mass is 9.94. The van der Waals surface area contributed by atoms with Gasteiger partial charge in [0.1, 0.15) is 10.8 Å². The molecule has 0 bridgehead atoms. The number of hydrogen-bond donors (Lipinski definition) is 1. The van der Waals surface area contributed by atoms with Gasteiger partial charge in [-0.15, -0.1) is 0 Å². The van der Waals surface area contributed by atoms with Gasteiger partial charge in [-0.2, -0.15) is 0 Å². The average Bonchev–Trinajstić information content (AvgIpc) is 2.56. The molecular formula is C12H16Cl2N2O2. The van der Waals surface area contributed by atoms with E-state index in [9.17, 15) is 9.90 Å². The van der Waals surface area contributed by atoms with E-state index in [1.165, 1.54) is 0 Å². The Hall–Kier alpha value is -0.710. The normalized spacial score (nSPS) is 19.1. The zero-order chi connectivity index (χ0) is 13.5. The maximum Gasteiger partial charge on any atom is 0.270 e. The molecule has 0 spiro atoms. The molecule has 1 aliphatic heterocycles. The topological polar surface area (TPSA) is 45.5 Å². The molecule has 1 amide bonds. The second-order valence-electron chi connectivity index (χ2n) is 5.02. The van der Waals surface area contributed by atoms with Crippen molar-refractivity contribution < 1.29 is 9.90 Å². The molecule has 2 heterocycles. The van der Waals surface area contributed by atoms with Gasteiger partial charge in [-0.3, -0.25) is 4.79 Å². The molecule has 1 saturated heterocycles. The number of aromatic nitrogens is 1. The second-order valence-corrected chi connectivity index (χ2v) is 5.78. The smallest absolute Gasteiger partial charge is 0.270 e. The van der Waals surface area contributed by atoms with Crippen molar-refractivity contribution >= 4 is 29.1 Å². The summed E-state index contributed by atoms with van der Waals surface area (Å²) in [4.78, 5) is 14.0. The van der Waals surface area contributed by atoms with Crippen molar-refractivity contribution in [3.8, 4) is 0 Å². The van der Waals surface area contributed by atoms with E-state index in [2.05, 4.69) is 0 Å². The third kappa shape index (κ3) is 2.51. The van der Waals surface area contributed by atoms with Crippen molar-refractivity contribution in [2.45, 2.75) is 25.4 Å². The Morgan fingerprint density at radius 2 is 1.94 bits per heavy atom. The molecule has 0 aromatic carbocycles. The molecule has 18 heavy (non-hydrogen) atoms. The van der Waals surface area contributed by atoms with Crippen molar-refractivity contribution in [3.63, 3.8) is 0 Å². The number of nitrogens with zero attached hydrogens (tertiary/aromatic N) is 2. The summed E-state index contributed by atoms with van der Waals surface area (Å²) in [7, 11) is 1.71. The van der Waals surface area contributed by atoms with Gasteiger partial charge in [0.05, 0.1) is 10.6 Å². The molecule has 6 heteroatoms. The summed E-state index contributed by atoms with van der Waals surface area (Å²) in [5, 5.41) is 10.6. The van der Waals surface area contributed by atoms with E-state index >= 15 is 0 Å². The molecule has 1 aliphatic rings. The lowest BCUT2D eigenvalue weighted by Crippen LogP contribution is -2.45. The largest absolute Gasteiger partial charge is 0.390 e. The van der Waals surface area contributed by atoms with E-state index in [-0.39, 0.29) is 5.91 Å². The number of amides is 1. The van der Waals surface area contributed by atoms with Gasteiger partial charge in [0, 0.05) is 20.1 Å². The standard InChI is InChI=1S/C12H16Cl2N2O2/c1-12(18)3-5-16(6-4-12)11(17)9-7-8(13)10(14)15(9)2/h7,18H,3-6H2,1-2H3. The van der Waals surface area contributed by atoms with Crippen LogP contribution in [0.25, 0.3) is 0 Å². The van der Waals surface area contributed by atoms with E-state index in [0.717, 1.165) is 0 Å². The van der Waals surface area contributed by atoms with E-state index in [1.54, 1.807) is 29.5 Å². The molecule has 0 unspecified atom stereocenters. The molecule has 1 aromatic heterocycles. The van der Waals surface area contributed by atoms with Crippen LogP contribution >= 0.6 is 23.2 Å². The predicted molar refractivity (Wildman–Crippen MR) is 71.2 cm³/mol. The van der Waals surface area contributed by atoms with Crippen LogP contribution in [0.2, 0.25) is 10.2 Å². The van der Waals surface area contributed by atoms with E-state index in [1.807, 2.05) is 0 Å². The van der Waals surface area contributed by atoms with Gasteiger partial charge in [0.15, 0.2) is 0 Å². The van der Waals surface area contributed by atoms with Gasteiger partial charge in [0.25, 0.3) is 5.91 Å². The highest BCUT2D eigenvalue weighted by Crippen LogP contribution is 2.27. The average molecular weight is 291 g/mol. The maximum atomic E-state index is 12.3. The van der Waals surface area contributed by atoms with Crippen molar-refractivity contribution in [2.75, 3.05) is 13.1 Å². The number of halogens is 2. The number of likely N-dealkylation sites (tertiary alicyclic amines) is 1. The Balaban J connectivity index is 2.15. The molecular weight excluding hydrogens is 275 g/mol. The van der Waals surface area contributed by atoms with Gasteiger partial charge in [-0.05, 0) is 25.8 Å². The minimum atomic E-state index is -0.666. The highest BCUT2D eigenvalue weighted by atomic mass is 35.5. The number of carbonyl (C=O) groups is 1. The van der Waals surface area contributed by atoms with Gasteiger partial charge < -0.3 is 14.6 Å². The van der Waals surface area contributed by atoms with E-state index < -0.39 is 5.60 Å². The summed E-state index contributed by atoms with van der Waals surface area (Å²) in [6, 6.07) is 1.58. The summed E-state index contributed by atoms with van der Waals surface area (Å²) in [5.41, 5.74) is -0.188. The zero-order valence-electron chi connectivity index (χ0n) is 10.4. The number of rotatable bonds is 1. The van der Waals surface area contributed by atoms with Gasteiger partial charge in [-0.1, -0.05) is 23.2 Å². The summed E-state index contributed by atoms with van der Waals surface area (Å²) in [6.45, 7) is 2.89. The third-order valence-corrected chi connectivity index (χ3v) is 4.31. The van der Waals surface area contributed by atoms with Crippen molar-refractivity contribution in [3.05, 3.63) is 21.9 Å². The molecule has 0 aliphatic carbocycles. The van der Waals surface area contributed by atoms with Crippen LogP contribution in [0.4, 0.5) is 0 Å². The molecule has 100 valence electrons. The van der Waals surface area contributed by atoms with E-state index in [4.69, 9.17) is 23.2 Å². The van der Waals surface area contributed by atoms with Crippen LogP contribution in [0.15, 0.2) is 6.07 Å². The first kappa shape index (κ1) is 13.7. The van der Waals surface area contributed by atoms with E-state index in [0.29, 0.717) is 41.8 Å². The highest BCUT2D eigenvalue weighted by molar-refractivity contribution is 6.41. The first-order valence-electron chi connectivity index (χ1n) is 5.84. The Morgan fingerprint density at radius 3 is 2.39 bits per heavy atom. The number of aliphatic hydroxyl groups is 1. The Kier molecular flexibility index (Phi) is 3.63. The van der Waals surface area contributed by atoms with Crippen LogP contribution in [-0.4, -0.2) is 39.2 Å². The van der Waals surface area contributed by atoms with Crippen LogP contribution in [0.1, 0.15) is 30.3 Å². The molecule has 1 aromatic rings. The molecule has 2 rings (SSSR count).